The zero-order chi connectivity index (χ0) is 28.3. The van der Waals surface area contributed by atoms with Crippen molar-refractivity contribution >= 4 is 56.6 Å². The van der Waals surface area contributed by atoms with Gasteiger partial charge in [0.15, 0.2) is 0 Å². The second-order valence-corrected chi connectivity index (χ2v) is 11.5. The Morgan fingerprint density at radius 3 is 2.74 bits per heavy atom. The lowest BCUT2D eigenvalue weighted by Crippen LogP contribution is -2.24. The summed E-state index contributed by atoms with van der Waals surface area (Å²) in [6, 6.07) is 14.1. The number of fused-ring (bicyclic) bond motifs is 1. The first kappa shape index (κ1) is 26.3. The van der Waals surface area contributed by atoms with E-state index in [2.05, 4.69) is 54.4 Å². The second kappa shape index (κ2) is 11.7. The molecule has 1 aromatic carbocycles. The molecule has 4 N–H and O–H groups in total. The topological polar surface area (TPSA) is 122 Å². The summed E-state index contributed by atoms with van der Waals surface area (Å²) in [7, 11) is 0. The van der Waals surface area contributed by atoms with Crippen molar-refractivity contribution in [3.63, 3.8) is 0 Å². The molecule has 10 nitrogen and oxygen atoms in total. The smallest absolute Gasteiger partial charge is 0.276 e. The molecule has 1 aliphatic carbocycles. The van der Waals surface area contributed by atoms with Crippen molar-refractivity contribution < 1.29 is 0 Å². The molecule has 1 saturated heterocycles. The van der Waals surface area contributed by atoms with Crippen LogP contribution in [0, 0.1) is 0 Å². The Balaban J connectivity index is 1.23. The van der Waals surface area contributed by atoms with Gasteiger partial charge in [-0.3, -0.25) is 14.3 Å². The third-order valence-corrected chi connectivity index (χ3v) is 8.45. The number of thiazole rings is 1. The molecule has 5 heterocycles. The van der Waals surface area contributed by atoms with Crippen LogP contribution in [0.3, 0.4) is 0 Å². The molecule has 1 atom stereocenters. The minimum absolute atomic E-state index is 0.174. The lowest BCUT2D eigenvalue weighted by atomic mass is 10.1. The van der Waals surface area contributed by atoms with Crippen molar-refractivity contribution in [1.29, 1.82) is 0 Å². The number of benzene rings is 1. The van der Waals surface area contributed by atoms with Gasteiger partial charge < -0.3 is 21.3 Å². The van der Waals surface area contributed by atoms with Crippen LogP contribution in [-0.4, -0.2) is 43.6 Å². The van der Waals surface area contributed by atoms with E-state index in [0.717, 1.165) is 71.8 Å². The van der Waals surface area contributed by atoms with Crippen LogP contribution in [0.25, 0.3) is 16.6 Å². The van der Waals surface area contributed by atoms with Gasteiger partial charge in [0.1, 0.15) is 11.3 Å². The molecule has 42 heavy (non-hydrogen) atoms. The number of nitrogens with zero attached hydrogens (tertiary/aromatic N) is 5. The number of nitrogens with one attached hydrogen (secondary N) is 4. The van der Waals surface area contributed by atoms with Gasteiger partial charge in [-0.05, 0) is 80.3 Å². The van der Waals surface area contributed by atoms with E-state index in [1.165, 1.54) is 5.57 Å². The summed E-state index contributed by atoms with van der Waals surface area (Å²) in [5.74, 6) is 0.423. The molecule has 11 heteroatoms. The number of aromatic nitrogens is 5. The lowest BCUT2D eigenvalue weighted by molar-refractivity contribution is 0.791. The summed E-state index contributed by atoms with van der Waals surface area (Å²) in [6.45, 7) is 2.39. The molecular formula is C31H31N9OS. The fourth-order valence-electron chi connectivity index (χ4n) is 5.51. The first-order chi connectivity index (χ1) is 20.7. The average molecular weight is 578 g/mol. The predicted molar refractivity (Wildman–Crippen MR) is 169 cm³/mol. The minimum atomic E-state index is -0.174. The van der Waals surface area contributed by atoms with Gasteiger partial charge in [-0.15, -0.1) is 11.3 Å². The Bertz CT molecular complexity index is 1790. The first-order valence-corrected chi connectivity index (χ1v) is 15.1. The summed E-state index contributed by atoms with van der Waals surface area (Å²) in [5.41, 5.74) is 7.60. The Morgan fingerprint density at radius 2 is 1.95 bits per heavy atom. The van der Waals surface area contributed by atoms with E-state index in [0.29, 0.717) is 29.9 Å². The average Bonchev–Trinajstić information content (AvgIpc) is 3.81. The van der Waals surface area contributed by atoms with Gasteiger partial charge in [0.25, 0.3) is 5.56 Å². The fraction of sp³-hybridized carbons (Fsp3) is 0.258. The molecule has 7 rings (SSSR count). The number of anilines is 5. The number of pyridine rings is 2. The van der Waals surface area contributed by atoms with E-state index < -0.39 is 0 Å². The second-order valence-electron chi connectivity index (χ2n) is 10.6. The zero-order valence-corrected chi connectivity index (χ0v) is 23.8. The molecule has 0 amide bonds. The van der Waals surface area contributed by atoms with Crippen molar-refractivity contribution in [3.8, 4) is 0 Å². The highest BCUT2D eigenvalue weighted by atomic mass is 32.1. The maximum Gasteiger partial charge on any atom is 0.276 e. The monoisotopic (exact) mass is 577 g/mol. The summed E-state index contributed by atoms with van der Waals surface area (Å²) in [4.78, 5) is 33.3. The maximum absolute atomic E-state index is 14.0. The van der Waals surface area contributed by atoms with Gasteiger partial charge in [-0.1, -0.05) is 6.08 Å². The summed E-state index contributed by atoms with van der Waals surface area (Å²) < 4.78 is 1.72. The van der Waals surface area contributed by atoms with Gasteiger partial charge in [0.2, 0.25) is 5.95 Å². The van der Waals surface area contributed by atoms with E-state index in [9.17, 15) is 4.79 Å². The van der Waals surface area contributed by atoms with E-state index >= 15 is 0 Å². The molecule has 1 aliphatic heterocycles. The molecular weight excluding hydrogens is 546 g/mol. The zero-order valence-electron chi connectivity index (χ0n) is 23.0. The van der Waals surface area contributed by atoms with Crippen LogP contribution in [0.1, 0.15) is 36.3 Å². The molecule has 4 aromatic heterocycles. The van der Waals surface area contributed by atoms with Gasteiger partial charge in [-0.25, -0.2) is 9.97 Å². The predicted octanol–water partition coefficient (Wildman–Crippen LogP) is 5.52. The van der Waals surface area contributed by atoms with E-state index in [-0.39, 0.29) is 5.56 Å². The molecule has 0 bridgehead atoms. The third kappa shape index (κ3) is 5.61. The van der Waals surface area contributed by atoms with Crippen molar-refractivity contribution in [2.75, 3.05) is 29.0 Å². The van der Waals surface area contributed by atoms with Crippen LogP contribution in [0.15, 0.2) is 77.4 Å². The Morgan fingerprint density at radius 1 is 1.05 bits per heavy atom. The van der Waals surface area contributed by atoms with Gasteiger partial charge in [-0.2, -0.15) is 4.98 Å². The normalized spacial score (nSPS) is 16.5. The molecule has 2 aliphatic rings. The van der Waals surface area contributed by atoms with Crippen LogP contribution in [0.2, 0.25) is 0 Å². The standard InChI is InChI=1S/C31H31N9OS/c41-30-26(37-24-6-3-12-32-16-24)14-21-15-34-31(38-23-9-7-22(8-10-23)36-25-11-13-33-17-25)39-29(21)40(30)18-27-28(35-19-42-27)20-4-1-2-5-20/h3-4,6-10,12,14-16,19,25,33,36-37H,1-2,5,11,13,17-18H2,(H,34,38,39). The Hall–Kier alpha value is -4.61. The highest BCUT2D eigenvalue weighted by Gasteiger charge is 2.19. The van der Waals surface area contributed by atoms with Gasteiger partial charge in [0.05, 0.1) is 34.5 Å². The van der Waals surface area contributed by atoms with Crippen molar-refractivity contribution in [2.45, 2.75) is 38.3 Å². The molecule has 5 aromatic rings. The van der Waals surface area contributed by atoms with Crippen molar-refractivity contribution in [1.82, 2.24) is 29.8 Å². The van der Waals surface area contributed by atoms with Gasteiger partial charge >= 0.3 is 0 Å². The minimum Gasteiger partial charge on any atom is -0.381 e. The summed E-state index contributed by atoms with van der Waals surface area (Å²) in [5, 5.41) is 14.2. The fourth-order valence-corrected chi connectivity index (χ4v) is 6.30. The van der Waals surface area contributed by atoms with Crippen LogP contribution in [0.5, 0.6) is 0 Å². The Kier molecular flexibility index (Phi) is 7.33. The first-order valence-electron chi connectivity index (χ1n) is 14.2. The molecule has 0 spiro atoms. The number of hydrogen-bond donors (Lipinski definition) is 4. The summed E-state index contributed by atoms with van der Waals surface area (Å²) in [6.07, 6.45) is 11.7. The van der Waals surface area contributed by atoms with Crippen LogP contribution in [0.4, 0.5) is 28.7 Å². The van der Waals surface area contributed by atoms with Crippen LogP contribution >= 0.6 is 11.3 Å². The third-order valence-electron chi connectivity index (χ3n) is 7.63. The van der Waals surface area contributed by atoms with Crippen LogP contribution < -0.4 is 26.8 Å². The largest absolute Gasteiger partial charge is 0.381 e. The molecule has 0 radical (unpaired) electrons. The highest BCUT2D eigenvalue weighted by Crippen LogP contribution is 2.31. The van der Waals surface area contributed by atoms with Crippen molar-refractivity contribution in [2.24, 2.45) is 0 Å². The molecule has 1 fully saturated rings. The molecule has 0 saturated carbocycles. The highest BCUT2D eigenvalue weighted by molar-refractivity contribution is 7.09. The number of hydrogen-bond acceptors (Lipinski definition) is 10. The molecule has 212 valence electrons. The van der Waals surface area contributed by atoms with Crippen LogP contribution in [-0.2, 0) is 6.54 Å². The summed E-state index contributed by atoms with van der Waals surface area (Å²) >= 11 is 1.57. The van der Waals surface area contributed by atoms with E-state index in [1.807, 2.05) is 29.8 Å². The van der Waals surface area contributed by atoms with Crippen molar-refractivity contribution in [3.05, 3.63) is 93.6 Å². The van der Waals surface area contributed by atoms with E-state index in [4.69, 9.17) is 4.98 Å². The quantitative estimate of drug-likeness (QED) is 0.179. The SMILES string of the molecule is O=c1c(Nc2cccnc2)cc2cnc(Nc3ccc(NC4CCNC4)cc3)nc2n1Cc1scnc1C1=CCCC1. The lowest BCUT2D eigenvalue weighted by Gasteiger charge is -2.15. The molecule has 1 unspecified atom stereocenters. The van der Waals surface area contributed by atoms with E-state index in [1.54, 1.807) is 40.6 Å². The maximum atomic E-state index is 14.0. The Labute approximate surface area is 247 Å². The number of rotatable bonds is 9. The number of allylic oxidation sites excluding steroid dienone is 2. The van der Waals surface area contributed by atoms with Gasteiger partial charge in [0, 0.05) is 41.7 Å².